The summed E-state index contributed by atoms with van der Waals surface area (Å²) in [5, 5.41) is 0. The van der Waals surface area contributed by atoms with Crippen molar-refractivity contribution in [1.29, 1.82) is 0 Å². The lowest BCUT2D eigenvalue weighted by atomic mass is 10.1. The molecule has 0 N–H and O–H groups in total. The van der Waals surface area contributed by atoms with Crippen LogP contribution in [0.15, 0.2) is 61.3 Å². The van der Waals surface area contributed by atoms with Crippen molar-refractivity contribution in [3.63, 3.8) is 0 Å². The summed E-state index contributed by atoms with van der Waals surface area (Å²) < 4.78 is 0. The number of rotatable bonds is 4. The molecule has 0 aliphatic rings. The molecule has 0 saturated heterocycles. The molecule has 0 aromatic carbocycles. The molecule has 0 nitrogen and oxygen atoms in total. The molecule has 0 atom stereocenters. The van der Waals surface area contributed by atoms with E-state index in [9.17, 15) is 0 Å². The molecule has 0 spiro atoms. The molecule has 0 aromatic heterocycles. The van der Waals surface area contributed by atoms with Gasteiger partial charge in [0.1, 0.15) is 0 Å². The summed E-state index contributed by atoms with van der Waals surface area (Å²) in [5.74, 6) is 0. The van der Waals surface area contributed by atoms with E-state index in [1.54, 1.807) is 6.08 Å². The summed E-state index contributed by atoms with van der Waals surface area (Å²) in [6.07, 6.45) is 3.91. The fourth-order valence-electron chi connectivity index (χ4n) is 0.427. The Morgan fingerprint density at radius 2 is 0.941 bits per heavy atom. The third-order valence-corrected chi connectivity index (χ3v) is 1.33. The molecule has 0 amide bonds. The van der Waals surface area contributed by atoms with Gasteiger partial charge >= 0.3 is 0 Å². The van der Waals surface area contributed by atoms with Crippen LogP contribution in [0.1, 0.15) is 47.5 Å². The number of hydrogen-bond acceptors (Lipinski definition) is 0. The van der Waals surface area contributed by atoms with Crippen LogP contribution in [0.2, 0.25) is 0 Å². The van der Waals surface area contributed by atoms with Crippen molar-refractivity contribution in [1.82, 2.24) is 0 Å². The van der Waals surface area contributed by atoms with Crippen molar-refractivity contribution < 1.29 is 0 Å². The molecule has 0 aromatic rings. The minimum absolute atomic E-state index is 1.02. The Bertz CT molecular complexity index is 246. The van der Waals surface area contributed by atoms with Crippen molar-refractivity contribution >= 4 is 0 Å². The summed E-state index contributed by atoms with van der Waals surface area (Å²) in [7, 11) is 0. The average molecular weight is 234 g/mol. The van der Waals surface area contributed by atoms with Crippen molar-refractivity contribution in [3.05, 3.63) is 61.3 Å². The van der Waals surface area contributed by atoms with Crippen LogP contribution in [0.4, 0.5) is 0 Å². The first-order valence-corrected chi connectivity index (χ1v) is 5.82. The maximum atomic E-state index is 3.79. The topological polar surface area (TPSA) is 0 Å². The molecule has 0 saturated carbocycles. The van der Waals surface area contributed by atoms with Gasteiger partial charge in [0.15, 0.2) is 0 Å². The van der Waals surface area contributed by atoms with Crippen molar-refractivity contribution in [2.24, 2.45) is 0 Å². The molecule has 0 heteroatoms. The van der Waals surface area contributed by atoms with Gasteiger partial charge in [0, 0.05) is 0 Å². The third kappa shape index (κ3) is 73.0. The van der Waals surface area contributed by atoms with E-state index < -0.39 is 0 Å². The SMILES string of the molecule is C=C(C)C.C=C(C)CCC(=C)C.C=CC(=C)C. The maximum absolute atomic E-state index is 3.79. The zero-order valence-electron chi connectivity index (χ0n) is 12.5. The van der Waals surface area contributed by atoms with Gasteiger partial charge in [0.05, 0.1) is 0 Å². The summed E-state index contributed by atoms with van der Waals surface area (Å²) >= 11 is 0. The minimum atomic E-state index is 1.02. The predicted molar refractivity (Wildman–Crippen MR) is 84.4 cm³/mol. The highest BCUT2D eigenvalue weighted by molar-refractivity contribution is 5.05. The van der Waals surface area contributed by atoms with Gasteiger partial charge in [0.25, 0.3) is 0 Å². The standard InChI is InChI=1S/C8H14.C5H8.C4H8/c1-7(2)5-6-8(3)4;1-4-5(2)3;1-4(2)3/h1,3,5-6H2,2,4H3;4H,1-2H2,3H3;1H2,2-3H3. The second-order valence-corrected chi connectivity index (χ2v) is 4.67. The molecule has 0 rings (SSSR count). The van der Waals surface area contributed by atoms with Gasteiger partial charge in [-0.2, -0.15) is 0 Å². The summed E-state index contributed by atoms with van der Waals surface area (Å²) in [5.41, 5.74) is 4.67. The van der Waals surface area contributed by atoms with E-state index in [2.05, 4.69) is 32.9 Å². The molecule has 0 aliphatic heterocycles. The van der Waals surface area contributed by atoms with Crippen molar-refractivity contribution in [3.8, 4) is 0 Å². The monoisotopic (exact) mass is 234 g/mol. The quantitative estimate of drug-likeness (QED) is 0.398. The summed E-state index contributed by atoms with van der Waals surface area (Å²) in [6.45, 7) is 28.1. The molecule has 0 aliphatic carbocycles. The Balaban J connectivity index is -0.000000188. The maximum Gasteiger partial charge on any atom is -0.0289 e. The second kappa shape index (κ2) is 14.7. The van der Waals surface area contributed by atoms with Crippen LogP contribution in [-0.4, -0.2) is 0 Å². The molecular weight excluding hydrogens is 204 g/mol. The lowest BCUT2D eigenvalue weighted by Crippen LogP contribution is -1.75. The van der Waals surface area contributed by atoms with Crippen LogP contribution in [0.5, 0.6) is 0 Å². The van der Waals surface area contributed by atoms with Gasteiger partial charge < -0.3 is 0 Å². The second-order valence-electron chi connectivity index (χ2n) is 4.67. The number of hydrogen-bond donors (Lipinski definition) is 0. The summed E-state index contributed by atoms with van der Waals surface area (Å²) in [6, 6.07) is 0. The van der Waals surface area contributed by atoms with Crippen LogP contribution in [0.25, 0.3) is 0 Å². The van der Waals surface area contributed by atoms with E-state index in [1.165, 1.54) is 16.7 Å². The lowest BCUT2D eigenvalue weighted by Gasteiger charge is -1.95. The molecule has 0 fully saturated rings. The van der Waals surface area contributed by atoms with Crippen LogP contribution >= 0.6 is 0 Å². The normalized spacial score (nSPS) is 7.59. The van der Waals surface area contributed by atoms with Gasteiger partial charge in [-0.25, -0.2) is 0 Å². The van der Waals surface area contributed by atoms with E-state index in [1.807, 2.05) is 34.6 Å². The van der Waals surface area contributed by atoms with Crippen LogP contribution in [0.3, 0.4) is 0 Å². The van der Waals surface area contributed by atoms with Crippen molar-refractivity contribution in [2.45, 2.75) is 47.5 Å². The van der Waals surface area contributed by atoms with E-state index in [-0.39, 0.29) is 0 Å². The van der Waals surface area contributed by atoms with Crippen LogP contribution in [-0.2, 0) is 0 Å². The van der Waals surface area contributed by atoms with Gasteiger partial charge in [-0.3, -0.25) is 0 Å². The first-order valence-electron chi connectivity index (χ1n) is 5.82. The van der Waals surface area contributed by atoms with Gasteiger partial charge in [0.2, 0.25) is 0 Å². The highest BCUT2D eigenvalue weighted by atomic mass is 13.9. The number of allylic oxidation sites excluding steroid dienone is 5. The van der Waals surface area contributed by atoms with E-state index in [4.69, 9.17) is 0 Å². The van der Waals surface area contributed by atoms with E-state index in [0.717, 1.165) is 18.4 Å². The third-order valence-electron chi connectivity index (χ3n) is 1.33. The van der Waals surface area contributed by atoms with Gasteiger partial charge in [-0.05, 0) is 47.5 Å². The zero-order valence-corrected chi connectivity index (χ0v) is 12.5. The van der Waals surface area contributed by atoms with Gasteiger partial charge in [-0.15, -0.1) is 19.7 Å². The van der Waals surface area contributed by atoms with Crippen LogP contribution in [0, 0.1) is 0 Å². The van der Waals surface area contributed by atoms with E-state index in [0.29, 0.717) is 0 Å². The molecule has 0 unspecified atom stereocenters. The molecular formula is C17H30. The Morgan fingerprint density at radius 3 is 1.00 bits per heavy atom. The average Bonchev–Trinajstić information content (AvgIpc) is 2.14. The smallest absolute Gasteiger partial charge is 0.0289 e. The highest BCUT2D eigenvalue weighted by Crippen LogP contribution is 2.05. The van der Waals surface area contributed by atoms with E-state index >= 15 is 0 Å². The van der Waals surface area contributed by atoms with Gasteiger partial charge in [-0.1, -0.05) is 41.5 Å². The Hall–Kier alpha value is -1.30. The Kier molecular flexibility index (Phi) is 18.2. The zero-order chi connectivity index (χ0) is 14.4. The highest BCUT2D eigenvalue weighted by Gasteiger charge is 1.85. The predicted octanol–water partition coefficient (Wildman–Crippen LogP) is 6.25. The first-order chi connectivity index (χ1) is 7.63. The first kappa shape index (κ1) is 21.0. The minimum Gasteiger partial charge on any atom is -0.100 e. The lowest BCUT2D eigenvalue weighted by molar-refractivity contribution is 0.933. The Morgan fingerprint density at radius 1 is 0.765 bits per heavy atom. The summed E-state index contributed by atoms with van der Waals surface area (Å²) in [4.78, 5) is 0. The van der Waals surface area contributed by atoms with Crippen molar-refractivity contribution in [2.75, 3.05) is 0 Å². The molecule has 0 radical (unpaired) electrons. The fourth-order valence-corrected chi connectivity index (χ4v) is 0.427. The van der Waals surface area contributed by atoms with Crippen LogP contribution < -0.4 is 0 Å². The molecule has 98 valence electrons. The largest absolute Gasteiger partial charge is 0.100 e. The molecule has 17 heavy (non-hydrogen) atoms. The molecule has 0 heterocycles. The fraction of sp³-hybridized carbons (Fsp3) is 0.412. The Labute approximate surface area is 109 Å². The molecule has 0 bridgehead atoms.